The van der Waals surface area contributed by atoms with Crippen molar-refractivity contribution in [2.75, 3.05) is 7.05 Å². The summed E-state index contributed by atoms with van der Waals surface area (Å²) in [5.74, 6) is -0.0484. The molecule has 2 aromatic heterocycles. The van der Waals surface area contributed by atoms with Gasteiger partial charge in [0.05, 0.1) is 16.8 Å². The lowest BCUT2D eigenvalue weighted by molar-refractivity contribution is 0.0785. The Morgan fingerprint density at radius 1 is 1.08 bits per heavy atom. The van der Waals surface area contributed by atoms with E-state index in [0.29, 0.717) is 12.1 Å². The molecule has 0 aliphatic heterocycles. The minimum atomic E-state index is -0.0484. The number of amides is 1. The Balaban J connectivity index is 1.54. The Kier molecular flexibility index (Phi) is 4.19. The molecule has 2 heterocycles. The SMILES string of the molecule is CN(Cc1cccc(-n2cccn2)c1)C(=O)c1cnc2ccccc2c1. The number of pyridine rings is 1. The van der Waals surface area contributed by atoms with Crippen LogP contribution in [0.15, 0.2) is 79.3 Å². The van der Waals surface area contributed by atoms with Crippen molar-refractivity contribution in [1.29, 1.82) is 0 Å². The predicted molar refractivity (Wildman–Crippen MR) is 101 cm³/mol. The first-order valence-corrected chi connectivity index (χ1v) is 8.40. The zero-order chi connectivity index (χ0) is 17.9. The maximum Gasteiger partial charge on any atom is 0.255 e. The number of para-hydroxylation sites is 1. The highest BCUT2D eigenvalue weighted by atomic mass is 16.2. The fraction of sp³-hybridized carbons (Fsp3) is 0.0952. The number of benzene rings is 2. The van der Waals surface area contributed by atoms with Gasteiger partial charge in [-0.2, -0.15) is 5.10 Å². The summed E-state index contributed by atoms with van der Waals surface area (Å²) in [7, 11) is 1.80. The average Bonchev–Trinajstić information content (AvgIpc) is 3.22. The third kappa shape index (κ3) is 3.19. The minimum Gasteiger partial charge on any atom is -0.337 e. The van der Waals surface area contributed by atoms with Crippen LogP contribution in [-0.2, 0) is 6.54 Å². The molecule has 0 bridgehead atoms. The molecule has 0 aliphatic carbocycles. The van der Waals surface area contributed by atoms with E-state index >= 15 is 0 Å². The maximum absolute atomic E-state index is 12.8. The molecule has 0 saturated carbocycles. The fourth-order valence-corrected chi connectivity index (χ4v) is 2.97. The van der Waals surface area contributed by atoms with Crippen LogP contribution >= 0.6 is 0 Å². The Hall–Kier alpha value is -3.47. The van der Waals surface area contributed by atoms with Crippen molar-refractivity contribution < 1.29 is 4.79 Å². The zero-order valence-electron chi connectivity index (χ0n) is 14.4. The van der Waals surface area contributed by atoms with Crippen molar-refractivity contribution in [3.8, 4) is 5.69 Å². The second kappa shape index (κ2) is 6.80. The fourth-order valence-electron chi connectivity index (χ4n) is 2.97. The molecule has 2 aromatic carbocycles. The van der Waals surface area contributed by atoms with Crippen LogP contribution in [0.1, 0.15) is 15.9 Å². The van der Waals surface area contributed by atoms with Gasteiger partial charge >= 0.3 is 0 Å². The summed E-state index contributed by atoms with van der Waals surface area (Å²) in [6.45, 7) is 0.515. The Labute approximate surface area is 151 Å². The van der Waals surface area contributed by atoms with Gasteiger partial charge in [-0.15, -0.1) is 0 Å². The third-order valence-electron chi connectivity index (χ3n) is 4.28. The number of aromatic nitrogens is 3. The maximum atomic E-state index is 12.8. The summed E-state index contributed by atoms with van der Waals surface area (Å²) in [5, 5.41) is 5.21. The predicted octanol–water partition coefficient (Wildman–Crippen LogP) is 3.69. The van der Waals surface area contributed by atoms with Gasteiger partial charge in [-0.05, 0) is 35.9 Å². The van der Waals surface area contributed by atoms with Crippen molar-refractivity contribution in [3.05, 3.63) is 90.4 Å². The van der Waals surface area contributed by atoms with E-state index in [1.807, 2.05) is 66.9 Å². The van der Waals surface area contributed by atoms with E-state index < -0.39 is 0 Å². The quantitative estimate of drug-likeness (QED) is 0.568. The molecule has 128 valence electrons. The average molecular weight is 342 g/mol. The molecule has 0 spiro atoms. The number of rotatable bonds is 4. The van der Waals surface area contributed by atoms with Crippen LogP contribution in [0.5, 0.6) is 0 Å². The van der Waals surface area contributed by atoms with Crippen LogP contribution in [0, 0.1) is 0 Å². The zero-order valence-corrected chi connectivity index (χ0v) is 14.4. The van der Waals surface area contributed by atoms with Gasteiger partial charge in [0.15, 0.2) is 0 Å². The normalized spacial score (nSPS) is 10.8. The summed E-state index contributed by atoms with van der Waals surface area (Å²) in [6.07, 6.45) is 5.28. The molecule has 0 unspecified atom stereocenters. The van der Waals surface area contributed by atoms with Gasteiger partial charge in [-0.3, -0.25) is 9.78 Å². The molecule has 0 N–H and O–H groups in total. The highest BCUT2D eigenvalue weighted by Gasteiger charge is 2.13. The summed E-state index contributed by atoms with van der Waals surface area (Å²) >= 11 is 0. The molecule has 0 saturated heterocycles. The molecular formula is C21H18N4O. The molecular weight excluding hydrogens is 324 g/mol. The molecule has 5 heteroatoms. The monoisotopic (exact) mass is 342 g/mol. The lowest BCUT2D eigenvalue weighted by atomic mass is 10.1. The van der Waals surface area contributed by atoms with Crippen LogP contribution in [0.3, 0.4) is 0 Å². The summed E-state index contributed by atoms with van der Waals surface area (Å²) in [4.78, 5) is 18.9. The number of nitrogens with zero attached hydrogens (tertiary/aromatic N) is 4. The number of hydrogen-bond acceptors (Lipinski definition) is 3. The third-order valence-corrected chi connectivity index (χ3v) is 4.28. The van der Waals surface area contributed by atoms with E-state index in [0.717, 1.165) is 22.2 Å². The van der Waals surface area contributed by atoms with Gasteiger partial charge < -0.3 is 4.90 Å². The molecule has 0 radical (unpaired) electrons. The highest BCUT2D eigenvalue weighted by Crippen LogP contribution is 2.16. The largest absolute Gasteiger partial charge is 0.337 e. The van der Waals surface area contributed by atoms with E-state index in [-0.39, 0.29) is 5.91 Å². The van der Waals surface area contributed by atoms with Gasteiger partial charge in [-0.25, -0.2) is 4.68 Å². The Bertz CT molecular complexity index is 1060. The summed E-state index contributed by atoms with van der Waals surface area (Å²) in [6, 6.07) is 19.6. The van der Waals surface area contributed by atoms with Crippen LogP contribution in [-0.4, -0.2) is 32.6 Å². The van der Waals surface area contributed by atoms with Gasteiger partial charge in [0.25, 0.3) is 5.91 Å². The van der Waals surface area contributed by atoms with E-state index in [2.05, 4.69) is 10.1 Å². The van der Waals surface area contributed by atoms with E-state index in [9.17, 15) is 4.79 Å². The van der Waals surface area contributed by atoms with Crippen LogP contribution in [0.2, 0.25) is 0 Å². The van der Waals surface area contributed by atoms with E-state index in [1.165, 1.54) is 0 Å². The first-order chi connectivity index (χ1) is 12.7. The lowest BCUT2D eigenvalue weighted by Gasteiger charge is -2.18. The first-order valence-electron chi connectivity index (χ1n) is 8.40. The molecule has 1 amide bonds. The number of fused-ring (bicyclic) bond motifs is 1. The lowest BCUT2D eigenvalue weighted by Crippen LogP contribution is -2.26. The molecule has 5 nitrogen and oxygen atoms in total. The van der Waals surface area contributed by atoms with Gasteiger partial charge in [-0.1, -0.05) is 30.3 Å². The van der Waals surface area contributed by atoms with Crippen LogP contribution in [0.25, 0.3) is 16.6 Å². The van der Waals surface area contributed by atoms with Crippen molar-refractivity contribution in [3.63, 3.8) is 0 Å². The highest BCUT2D eigenvalue weighted by molar-refractivity contribution is 5.97. The van der Waals surface area contributed by atoms with Gasteiger partial charge in [0.1, 0.15) is 0 Å². The van der Waals surface area contributed by atoms with Crippen molar-refractivity contribution in [2.45, 2.75) is 6.54 Å². The molecule has 26 heavy (non-hydrogen) atoms. The Morgan fingerprint density at radius 2 is 1.96 bits per heavy atom. The summed E-state index contributed by atoms with van der Waals surface area (Å²) in [5.41, 5.74) is 3.50. The second-order valence-corrected chi connectivity index (χ2v) is 6.20. The number of carbonyl (C=O) groups excluding carboxylic acids is 1. The molecule has 0 atom stereocenters. The van der Waals surface area contributed by atoms with Crippen molar-refractivity contribution in [1.82, 2.24) is 19.7 Å². The number of hydrogen-bond donors (Lipinski definition) is 0. The van der Waals surface area contributed by atoms with Gasteiger partial charge in [0.2, 0.25) is 0 Å². The van der Waals surface area contributed by atoms with Crippen LogP contribution < -0.4 is 0 Å². The van der Waals surface area contributed by atoms with Crippen molar-refractivity contribution >= 4 is 16.8 Å². The Morgan fingerprint density at radius 3 is 2.81 bits per heavy atom. The van der Waals surface area contributed by atoms with E-state index in [1.54, 1.807) is 29.0 Å². The van der Waals surface area contributed by atoms with E-state index in [4.69, 9.17) is 0 Å². The molecule has 0 aliphatic rings. The first kappa shape index (κ1) is 16.0. The molecule has 4 rings (SSSR count). The summed E-state index contributed by atoms with van der Waals surface area (Å²) < 4.78 is 1.80. The second-order valence-electron chi connectivity index (χ2n) is 6.20. The van der Waals surface area contributed by atoms with Crippen molar-refractivity contribution in [2.24, 2.45) is 0 Å². The number of carbonyl (C=O) groups is 1. The molecule has 0 fully saturated rings. The van der Waals surface area contributed by atoms with Crippen LogP contribution in [0.4, 0.5) is 0 Å². The minimum absolute atomic E-state index is 0.0484. The van der Waals surface area contributed by atoms with Gasteiger partial charge in [0, 0.05) is 37.6 Å². The smallest absolute Gasteiger partial charge is 0.255 e. The molecule has 4 aromatic rings. The topological polar surface area (TPSA) is 51.0 Å². The standard InChI is InChI=1S/C21H18N4O/c1-24(15-16-6-4-8-19(12-16)25-11-5-10-23-25)21(26)18-13-17-7-2-3-9-20(17)22-14-18/h2-14H,15H2,1H3.